The molecule has 0 N–H and O–H groups in total. The van der Waals surface area contributed by atoms with Crippen molar-refractivity contribution in [1.82, 2.24) is 14.9 Å². The Balaban J connectivity index is 1.45. The third-order valence-electron chi connectivity index (χ3n) is 6.95. The summed E-state index contributed by atoms with van der Waals surface area (Å²) >= 11 is 0. The molecule has 2 aromatic heterocycles. The fraction of sp³-hybridized carbons (Fsp3) is 0.552. The van der Waals surface area contributed by atoms with E-state index < -0.39 is 29.1 Å². The van der Waals surface area contributed by atoms with Crippen LogP contribution in [0.15, 0.2) is 49.1 Å². The Hall–Kier alpha value is -3.17. The number of Topliss-reactive ketones (excluding diaryl/α,β-unsaturated/α-hetero) is 1. The lowest BCUT2D eigenvalue weighted by Crippen LogP contribution is -2.66. The zero-order valence-corrected chi connectivity index (χ0v) is 22.6. The first-order chi connectivity index (χ1) is 18.3. The van der Waals surface area contributed by atoms with E-state index >= 15 is 0 Å². The minimum atomic E-state index is -0.812. The number of aryl methyl sites for hydroxylation is 2. The monoisotopic (exact) mass is 525 g/mol. The molecule has 0 bridgehead atoms. The van der Waals surface area contributed by atoms with Gasteiger partial charge in [0.2, 0.25) is 5.78 Å². The number of rotatable bonds is 16. The van der Waals surface area contributed by atoms with E-state index in [4.69, 9.17) is 14.2 Å². The number of ether oxygens (including phenoxy) is 3. The Kier molecular flexibility index (Phi) is 11.4. The molecule has 0 aromatic carbocycles. The van der Waals surface area contributed by atoms with Crippen LogP contribution < -0.4 is 0 Å². The first kappa shape index (κ1) is 29.4. The lowest BCUT2D eigenvalue weighted by molar-refractivity contribution is -0.176. The van der Waals surface area contributed by atoms with Crippen molar-refractivity contribution in [3.05, 3.63) is 60.2 Å². The smallest absolute Gasteiger partial charge is 0.328 e. The molecule has 0 aliphatic carbocycles. The Labute approximate surface area is 224 Å². The van der Waals surface area contributed by atoms with Crippen LogP contribution >= 0.6 is 0 Å². The van der Waals surface area contributed by atoms with Crippen LogP contribution in [0.1, 0.15) is 57.6 Å². The third-order valence-corrected chi connectivity index (χ3v) is 6.95. The highest BCUT2D eigenvalue weighted by molar-refractivity contribution is 6.38. The van der Waals surface area contributed by atoms with Crippen LogP contribution in [0.25, 0.3) is 0 Å². The molecule has 1 amide bonds. The van der Waals surface area contributed by atoms with Gasteiger partial charge in [0.15, 0.2) is 0 Å². The molecule has 0 spiro atoms. The molecule has 206 valence electrons. The number of carbonyl (C=O) groups is 3. The molecule has 3 rings (SSSR count). The van der Waals surface area contributed by atoms with E-state index in [9.17, 15) is 14.4 Å². The highest BCUT2D eigenvalue weighted by Gasteiger charge is 2.50. The number of esters is 1. The van der Waals surface area contributed by atoms with Gasteiger partial charge in [-0.3, -0.25) is 19.6 Å². The first-order valence-electron chi connectivity index (χ1n) is 13.3. The number of pyridine rings is 2. The normalized spacial score (nSPS) is 17.1. The number of amides is 1. The highest BCUT2D eigenvalue weighted by Crippen LogP contribution is 2.31. The van der Waals surface area contributed by atoms with E-state index in [0.29, 0.717) is 25.9 Å². The largest absolute Gasteiger partial charge is 0.464 e. The Bertz CT molecular complexity index is 1030. The van der Waals surface area contributed by atoms with Gasteiger partial charge in [0.05, 0.1) is 19.3 Å². The fourth-order valence-corrected chi connectivity index (χ4v) is 4.15. The van der Waals surface area contributed by atoms with Crippen LogP contribution in [0.2, 0.25) is 0 Å². The van der Waals surface area contributed by atoms with E-state index in [1.807, 2.05) is 37.4 Å². The second-order valence-electron chi connectivity index (χ2n) is 10.2. The molecule has 1 saturated heterocycles. The molecule has 9 heteroatoms. The van der Waals surface area contributed by atoms with Crippen molar-refractivity contribution in [3.8, 4) is 0 Å². The van der Waals surface area contributed by atoms with E-state index in [1.165, 1.54) is 4.90 Å². The van der Waals surface area contributed by atoms with E-state index in [-0.39, 0.29) is 26.0 Å². The molecule has 2 atom stereocenters. The Morgan fingerprint density at radius 1 is 0.974 bits per heavy atom. The molecule has 1 aliphatic heterocycles. The van der Waals surface area contributed by atoms with Crippen LogP contribution in [0.3, 0.4) is 0 Å². The average molecular weight is 526 g/mol. The number of hydrogen-bond acceptors (Lipinski definition) is 8. The second-order valence-corrected chi connectivity index (χ2v) is 10.2. The van der Waals surface area contributed by atoms with Crippen molar-refractivity contribution < 1.29 is 28.6 Å². The number of aromatic nitrogens is 2. The highest BCUT2D eigenvalue weighted by atomic mass is 16.7. The molecular weight excluding hydrogens is 486 g/mol. The van der Waals surface area contributed by atoms with E-state index in [0.717, 1.165) is 30.4 Å². The Morgan fingerprint density at radius 2 is 1.61 bits per heavy atom. The van der Waals surface area contributed by atoms with Crippen LogP contribution in [-0.4, -0.2) is 71.2 Å². The topological polar surface area (TPSA) is 108 Å². The van der Waals surface area contributed by atoms with Crippen molar-refractivity contribution in [2.24, 2.45) is 5.41 Å². The van der Waals surface area contributed by atoms with Gasteiger partial charge < -0.3 is 19.1 Å². The van der Waals surface area contributed by atoms with Gasteiger partial charge in [0.1, 0.15) is 12.8 Å². The van der Waals surface area contributed by atoms with Gasteiger partial charge in [-0.25, -0.2) is 4.79 Å². The van der Waals surface area contributed by atoms with Gasteiger partial charge >= 0.3 is 5.97 Å². The summed E-state index contributed by atoms with van der Waals surface area (Å²) in [5, 5.41) is 0. The molecule has 2 aromatic rings. The Morgan fingerprint density at radius 3 is 2.18 bits per heavy atom. The molecule has 38 heavy (non-hydrogen) atoms. The lowest BCUT2D eigenvalue weighted by atomic mass is 9.82. The number of nitrogens with zero attached hydrogens (tertiary/aromatic N) is 3. The minimum absolute atomic E-state index is 0.0728. The molecular formula is C29H39N3O6. The standard InChI is InChI=1S/C29H39N3O6/c1-4-29(2,3)26(33)27(34)32-24(20-37-21-36-15-7-11-22-9-5-13-30-18-22)17-25(32)28(35)38-16-8-12-23-10-6-14-31-19-23/h5-6,9-10,13-14,18-19,24-25H,4,7-8,11-12,15-17,20-21H2,1-3H3/t24-,25-/m1/s1. The van der Waals surface area contributed by atoms with Gasteiger partial charge in [0.25, 0.3) is 5.91 Å². The zero-order chi connectivity index (χ0) is 27.4. The fourth-order valence-electron chi connectivity index (χ4n) is 4.15. The number of likely N-dealkylation sites (tertiary alicyclic amines) is 1. The summed E-state index contributed by atoms with van der Waals surface area (Å²) in [5.74, 6) is -1.66. The predicted octanol–water partition coefficient (Wildman–Crippen LogP) is 3.55. The van der Waals surface area contributed by atoms with E-state index in [1.54, 1.807) is 32.4 Å². The summed E-state index contributed by atoms with van der Waals surface area (Å²) in [6.07, 6.45) is 11.0. The van der Waals surface area contributed by atoms with Gasteiger partial charge in [-0.15, -0.1) is 0 Å². The summed E-state index contributed by atoms with van der Waals surface area (Å²) in [6, 6.07) is 6.59. The number of hydrogen-bond donors (Lipinski definition) is 0. The molecule has 0 saturated carbocycles. The molecule has 9 nitrogen and oxygen atoms in total. The zero-order valence-electron chi connectivity index (χ0n) is 22.6. The van der Waals surface area contributed by atoms with Crippen molar-refractivity contribution in [3.63, 3.8) is 0 Å². The molecule has 1 fully saturated rings. The van der Waals surface area contributed by atoms with Gasteiger partial charge in [0, 0.05) is 43.2 Å². The average Bonchev–Trinajstić information content (AvgIpc) is 2.92. The van der Waals surface area contributed by atoms with Gasteiger partial charge in [-0.1, -0.05) is 32.9 Å². The SMILES string of the molecule is CCC(C)(C)C(=O)C(=O)N1[C@@H](COCOCCCc2cccnc2)C[C@@H]1C(=O)OCCCc1cccnc1. The molecule has 1 aliphatic rings. The van der Waals surface area contributed by atoms with Crippen LogP contribution in [0, 0.1) is 5.41 Å². The maximum Gasteiger partial charge on any atom is 0.328 e. The van der Waals surface area contributed by atoms with Crippen molar-refractivity contribution in [2.75, 3.05) is 26.6 Å². The summed E-state index contributed by atoms with van der Waals surface area (Å²) in [6.45, 7) is 6.35. The van der Waals surface area contributed by atoms with Gasteiger partial charge in [-0.2, -0.15) is 0 Å². The minimum Gasteiger partial charge on any atom is -0.464 e. The van der Waals surface area contributed by atoms with Crippen LogP contribution in [-0.2, 0) is 41.4 Å². The van der Waals surface area contributed by atoms with Crippen molar-refractivity contribution >= 4 is 17.7 Å². The van der Waals surface area contributed by atoms with Gasteiger partial charge in [-0.05, 0) is 55.4 Å². The van der Waals surface area contributed by atoms with Crippen molar-refractivity contribution in [2.45, 2.75) is 71.4 Å². The second kappa shape index (κ2) is 14.7. The first-order valence-corrected chi connectivity index (χ1v) is 13.3. The third kappa shape index (κ3) is 8.43. The summed E-state index contributed by atoms with van der Waals surface area (Å²) in [5.41, 5.74) is 1.40. The van der Waals surface area contributed by atoms with Crippen LogP contribution in [0.5, 0.6) is 0 Å². The number of carbonyl (C=O) groups excluding carboxylic acids is 3. The molecule has 3 heterocycles. The lowest BCUT2D eigenvalue weighted by Gasteiger charge is -2.47. The summed E-state index contributed by atoms with van der Waals surface area (Å²) < 4.78 is 16.7. The summed E-state index contributed by atoms with van der Waals surface area (Å²) in [4.78, 5) is 48.4. The predicted molar refractivity (Wildman–Crippen MR) is 141 cm³/mol. The van der Waals surface area contributed by atoms with E-state index in [2.05, 4.69) is 9.97 Å². The summed E-state index contributed by atoms with van der Waals surface area (Å²) in [7, 11) is 0. The molecule has 0 radical (unpaired) electrons. The maximum atomic E-state index is 13.1. The van der Waals surface area contributed by atoms with Crippen LogP contribution in [0.4, 0.5) is 0 Å². The van der Waals surface area contributed by atoms with Crippen molar-refractivity contribution in [1.29, 1.82) is 0 Å². The quantitative estimate of drug-likeness (QED) is 0.142. The number of ketones is 1. The maximum absolute atomic E-state index is 13.1. The molecule has 0 unspecified atom stereocenters.